The van der Waals surface area contributed by atoms with Crippen LogP contribution < -0.4 is 5.73 Å². The van der Waals surface area contributed by atoms with E-state index >= 15 is 0 Å². The van der Waals surface area contributed by atoms with Crippen LogP contribution in [0.3, 0.4) is 0 Å². The molecule has 0 aliphatic rings. The van der Waals surface area contributed by atoms with E-state index in [-0.39, 0.29) is 0 Å². The molecule has 2 heterocycles. The average Bonchev–Trinajstić information content (AvgIpc) is 2.74. The molecule has 0 aliphatic heterocycles. The van der Waals surface area contributed by atoms with Gasteiger partial charge in [-0.15, -0.1) is 0 Å². The monoisotopic (exact) mass is 366 g/mol. The molecule has 0 saturated heterocycles. The first kappa shape index (κ1) is 11.7. The van der Waals surface area contributed by atoms with Gasteiger partial charge in [-0.3, -0.25) is 4.98 Å². The number of hydrogen-bond acceptors (Lipinski definition) is 3. The fourth-order valence-corrected chi connectivity index (χ4v) is 2.45. The number of nitrogens with two attached hydrogens (primary N) is 1. The summed E-state index contributed by atoms with van der Waals surface area (Å²) in [6, 6.07) is 7.60. The Morgan fingerprint density at radius 3 is 2.67 bits per heavy atom. The van der Waals surface area contributed by atoms with E-state index in [1.165, 1.54) is 0 Å². The number of halogens is 2. The Hall–Kier alpha value is -1.40. The minimum atomic E-state index is 0.638. The number of imidazole rings is 1. The van der Waals surface area contributed by atoms with Gasteiger partial charge < -0.3 is 10.7 Å². The van der Waals surface area contributed by atoms with Crippen LogP contribution in [0.4, 0.5) is 5.69 Å². The Labute approximate surface area is 120 Å². The number of pyridine rings is 1. The Morgan fingerprint density at radius 1 is 1.11 bits per heavy atom. The largest absolute Gasteiger partial charge is 0.397 e. The molecular formula is C12H8Br2N4. The first-order chi connectivity index (χ1) is 8.63. The summed E-state index contributed by atoms with van der Waals surface area (Å²) in [5.41, 5.74) is 9.00. The molecule has 0 fully saturated rings. The number of nitrogens with one attached hydrogen (secondary N) is 1. The molecule has 3 rings (SSSR count). The molecular weight excluding hydrogens is 360 g/mol. The molecule has 3 N–H and O–H groups in total. The number of anilines is 1. The van der Waals surface area contributed by atoms with Crippen molar-refractivity contribution >= 4 is 48.6 Å². The lowest BCUT2D eigenvalue weighted by molar-refractivity contribution is 1.23. The molecule has 6 heteroatoms. The normalized spacial score (nSPS) is 11.0. The van der Waals surface area contributed by atoms with E-state index < -0.39 is 0 Å². The molecule has 1 aromatic carbocycles. The van der Waals surface area contributed by atoms with Gasteiger partial charge in [0.05, 0.1) is 11.2 Å². The van der Waals surface area contributed by atoms with E-state index in [0.717, 1.165) is 25.7 Å². The molecule has 0 spiro atoms. The van der Waals surface area contributed by atoms with Crippen molar-refractivity contribution < 1.29 is 0 Å². The topological polar surface area (TPSA) is 67.6 Å². The molecule has 3 aromatic rings. The van der Waals surface area contributed by atoms with Gasteiger partial charge in [0.1, 0.15) is 11.2 Å². The highest BCUT2D eigenvalue weighted by atomic mass is 79.9. The highest BCUT2D eigenvalue weighted by Crippen LogP contribution is 2.27. The second-order valence-corrected chi connectivity index (χ2v) is 5.67. The summed E-state index contributed by atoms with van der Waals surface area (Å²) in [6.07, 6.45) is 1.74. The zero-order chi connectivity index (χ0) is 12.7. The van der Waals surface area contributed by atoms with Gasteiger partial charge in [0.25, 0.3) is 0 Å². The Kier molecular flexibility index (Phi) is 2.83. The average molecular weight is 368 g/mol. The summed E-state index contributed by atoms with van der Waals surface area (Å²) >= 11 is 6.76. The van der Waals surface area contributed by atoms with Crippen LogP contribution >= 0.6 is 31.9 Å². The number of hydrogen-bond donors (Lipinski definition) is 2. The SMILES string of the molecule is Nc1cc(Br)cc2[nH]c(-c3ccc(Br)cn3)nc12. The predicted molar refractivity (Wildman–Crippen MR) is 79.1 cm³/mol. The lowest BCUT2D eigenvalue weighted by Crippen LogP contribution is -1.86. The van der Waals surface area contributed by atoms with Gasteiger partial charge in [-0.25, -0.2) is 4.98 Å². The lowest BCUT2D eigenvalue weighted by atomic mass is 10.3. The molecule has 0 aliphatic carbocycles. The zero-order valence-corrected chi connectivity index (χ0v) is 12.3. The van der Waals surface area contributed by atoms with Crippen LogP contribution in [0.2, 0.25) is 0 Å². The summed E-state index contributed by atoms with van der Waals surface area (Å²) in [6.45, 7) is 0. The lowest BCUT2D eigenvalue weighted by Gasteiger charge is -1.94. The van der Waals surface area contributed by atoms with Crippen LogP contribution in [0.5, 0.6) is 0 Å². The molecule has 90 valence electrons. The van der Waals surface area contributed by atoms with Gasteiger partial charge in [-0.2, -0.15) is 0 Å². The summed E-state index contributed by atoms with van der Waals surface area (Å²) in [5, 5.41) is 0. The number of nitrogens with zero attached hydrogens (tertiary/aromatic N) is 2. The van der Waals surface area contributed by atoms with Crippen molar-refractivity contribution in [2.24, 2.45) is 0 Å². The van der Waals surface area contributed by atoms with Crippen LogP contribution in [0.1, 0.15) is 0 Å². The smallest absolute Gasteiger partial charge is 0.157 e. The van der Waals surface area contributed by atoms with Crippen molar-refractivity contribution in [3.05, 3.63) is 39.4 Å². The Bertz CT molecular complexity index is 719. The molecule has 0 atom stereocenters. The molecule has 0 bridgehead atoms. The molecule has 0 unspecified atom stereocenters. The first-order valence-electron chi connectivity index (χ1n) is 5.20. The van der Waals surface area contributed by atoms with Crippen molar-refractivity contribution in [1.82, 2.24) is 15.0 Å². The first-order valence-corrected chi connectivity index (χ1v) is 6.79. The summed E-state index contributed by atoms with van der Waals surface area (Å²) in [5.74, 6) is 0.710. The Balaban J connectivity index is 2.19. The quantitative estimate of drug-likeness (QED) is 0.644. The van der Waals surface area contributed by atoms with Gasteiger partial charge >= 0.3 is 0 Å². The van der Waals surface area contributed by atoms with Crippen LogP contribution in [0, 0.1) is 0 Å². The summed E-state index contributed by atoms with van der Waals surface area (Å²) in [7, 11) is 0. The van der Waals surface area contributed by atoms with Crippen molar-refractivity contribution in [3.8, 4) is 11.5 Å². The predicted octanol–water partition coefficient (Wildman–Crippen LogP) is 3.73. The number of H-pyrrole nitrogens is 1. The summed E-state index contributed by atoms with van der Waals surface area (Å²) in [4.78, 5) is 12.0. The molecule has 0 saturated carbocycles. The molecule has 0 radical (unpaired) electrons. The number of fused-ring (bicyclic) bond motifs is 1. The van der Waals surface area contributed by atoms with Gasteiger partial charge in [0.15, 0.2) is 5.82 Å². The van der Waals surface area contributed by atoms with Crippen LogP contribution in [-0.4, -0.2) is 15.0 Å². The highest BCUT2D eigenvalue weighted by Gasteiger charge is 2.09. The van der Waals surface area contributed by atoms with Gasteiger partial charge in [-0.1, -0.05) is 15.9 Å². The molecule has 0 amide bonds. The van der Waals surface area contributed by atoms with Crippen molar-refractivity contribution in [2.45, 2.75) is 0 Å². The van der Waals surface area contributed by atoms with E-state index in [1.54, 1.807) is 6.20 Å². The van der Waals surface area contributed by atoms with E-state index in [9.17, 15) is 0 Å². The minimum absolute atomic E-state index is 0.638. The summed E-state index contributed by atoms with van der Waals surface area (Å²) < 4.78 is 1.86. The van der Waals surface area contributed by atoms with E-state index in [2.05, 4.69) is 46.8 Å². The number of aromatic amines is 1. The Morgan fingerprint density at radius 2 is 1.94 bits per heavy atom. The fraction of sp³-hybridized carbons (Fsp3) is 0. The van der Waals surface area contributed by atoms with Crippen LogP contribution in [0.15, 0.2) is 39.4 Å². The van der Waals surface area contributed by atoms with Crippen molar-refractivity contribution in [3.63, 3.8) is 0 Å². The van der Waals surface area contributed by atoms with Crippen molar-refractivity contribution in [2.75, 3.05) is 5.73 Å². The van der Waals surface area contributed by atoms with E-state index in [0.29, 0.717) is 11.5 Å². The van der Waals surface area contributed by atoms with Crippen molar-refractivity contribution in [1.29, 1.82) is 0 Å². The third kappa shape index (κ3) is 2.02. The van der Waals surface area contributed by atoms with E-state index in [1.807, 2.05) is 24.3 Å². The standard InChI is InChI=1S/C12H8Br2N4/c13-6-1-2-9(16-5-6)12-17-10-4-7(14)3-8(15)11(10)18-12/h1-5H,15H2,(H,17,18). The highest BCUT2D eigenvalue weighted by molar-refractivity contribution is 9.10. The van der Waals surface area contributed by atoms with Crippen LogP contribution in [0.25, 0.3) is 22.6 Å². The van der Waals surface area contributed by atoms with Gasteiger partial charge in [-0.05, 0) is 40.2 Å². The number of nitrogen functional groups attached to an aromatic ring is 1. The number of rotatable bonds is 1. The molecule has 4 nitrogen and oxygen atoms in total. The maximum atomic E-state index is 5.93. The molecule has 2 aromatic heterocycles. The zero-order valence-electron chi connectivity index (χ0n) is 9.11. The number of benzene rings is 1. The third-order valence-corrected chi connectivity index (χ3v) is 3.48. The third-order valence-electron chi connectivity index (χ3n) is 2.55. The van der Waals surface area contributed by atoms with E-state index in [4.69, 9.17) is 5.73 Å². The minimum Gasteiger partial charge on any atom is -0.397 e. The van der Waals surface area contributed by atoms with Gasteiger partial charge in [0, 0.05) is 15.1 Å². The van der Waals surface area contributed by atoms with Crippen LogP contribution in [-0.2, 0) is 0 Å². The maximum absolute atomic E-state index is 5.93. The second kappa shape index (κ2) is 4.37. The fourth-order valence-electron chi connectivity index (χ4n) is 1.74. The molecule has 18 heavy (non-hydrogen) atoms. The second-order valence-electron chi connectivity index (χ2n) is 3.84. The number of aromatic nitrogens is 3. The van der Waals surface area contributed by atoms with Gasteiger partial charge in [0.2, 0.25) is 0 Å². The maximum Gasteiger partial charge on any atom is 0.157 e.